The zero-order valence-electron chi connectivity index (χ0n) is 8.48. The smallest absolute Gasteiger partial charge is 0.115 e. The van der Waals surface area contributed by atoms with Gasteiger partial charge in [-0.05, 0) is 31.6 Å². The van der Waals surface area contributed by atoms with Crippen LogP contribution in [0.4, 0.5) is 0 Å². The largest absolute Gasteiger partial charge is 0.385 e. The van der Waals surface area contributed by atoms with Gasteiger partial charge in [-0.2, -0.15) is 0 Å². The fraction of sp³-hybridized carbons (Fsp3) is 0.636. The zero-order chi connectivity index (χ0) is 10.0. The molecular formula is C11H16N2O. The SMILES string of the molecule is CC1CCC(O)(c2cncnc2)CC1. The van der Waals surface area contributed by atoms with Crippen LogP contribution in [0.3, 0.4) is 0 Å². The van der Waals surface area contributed by atoms with E-state index in [4.69, 9.17) is 0 Å². The Kier molecular flexibility index (Phi) is 2.50. The second kappa shape index (κ2) is 3.65. The lowest BCUT2D eigenvalue weighted by Gasteiger charge is -2.34. The molecule has 1 aliphatic rings. The Morgan fingerprint density at radius 2 is 1.86 bits per heavy atom. The van der Waals surface area contributed by atoms with Crippen LogP contribution in [-0.4, -0.2) is 15.1 Å². The third-order valence-electron chi connectivity index (χ3n) is 3.20. The Morgan fingerprint density at radius 3 is 2.43 bits per heavy atom. The van der Waals surface area contributed by atoms with Crippen LogP contribution in [0.1, 0.15) is 38.2 Å². The quantitative estimate of drug-likeness (QED) is 0.739. The molecule has 3 heteroatoms. The molecule has 1 heterocycles. The molecule has 1 fully saturated rings. The van der Waals surface area contributed by atoms with E-state index in [1.807, 2.05) is 0 Å². The highest BCUT2D eigenvalue weighted by molar-refractivity contribution is 5.14. The van der Waals surface area contributed by atoms with Crippen LogP contribution < -0.4 is 0 Å². The predicted octanol–water partition coefficient (Wildman–Crippen LogP) is 1.87. The van der Waals surface area contributed by atoms with E-state index in [1.165, 1.54) is 6.33 Å². The second-order valence-corrected chi connectivity index (χ2v) is 4.34. The standard InChI is InChI=1S/C11H16N2O/c1-9-2-4-11(14,5-3-9)10-6-12-8-13-7-10/h6-9,14H,2-5H2,1H3. The normalized spacial score (nSPS) is 32.9. The van der Waals surface area contributed by atoms with E-state index in [9.17, 15) is 5.11 Å². The van der Waals surface area contributed by atoms with E-state index < -0.39 is 5.60 Å². The molecule has 0 radical (unpaired) electrons. The minimum Gasteiger partial charge on any atom is -0.385 e. The van der Waals surface area contributed by atoms with Gasteiger partial charge < -0.3 is 5.11 Å². The van der Waals surface area contributed by atoms with Crippen molar-refractivity contribution in [3.63, 3.8) is 0 Å². The maximum atomic E-state index is 10.4. The van der Waals surface area contributed by atoms with Gasteiger partial charge in [0.15, 0.2) is 0 Å². The molecule has 14 heavy (non-hydrogen) atoms. The topological polar surface area (TPSA) is 46.0 Å². The van der Waals surface area contributed by atoms with Gasteiger partial charge in [0.2, 0.25) is 0 Å². The number of rotatable bonds is 1. The molecule has 1 N–H and O–H groups in total. The lowest BCUT2D eigenvalue weighted by atomic mass is 9.77. The molecule has 0 spiro atoms. The molecule has 1 aromatic heterocycles. The van der Waals surface area contributed by atoms with Crippen LogP contribution in [0.15, 0.2) is 18.7 Å². The second-order valence-electron chi connectivity index (χ2n) is 4.34. The van der Waals surface area contributed by atoms with Gasteiger partial charge in [-0.25, -0.2) is 9.97 Å². The molecule has 3 nitrogen and oxygen atoms in total. The van der Waals surface area contributed by atoms with Crippen LogP contribution in [-0.2, 0) is 5.60 Å². The summed E-state index contributed by atoms with van der Waals surface area (Å²) in [5, 5.41) is 10.4. The van der Waals surface area contributed by atoms with Crippen molar-refractivity contribution in [1.82, 2.24) is 9.97 Å². The summed E-state index contributed by atoms with van der Waals surface area (Å²) in [6, 6.07) is 0. The van der Waals surface area contributed by atoms with Crippen LogP contribution >= 0.6 is 0 Å². The summed E-state index contributed by atoms with van der Waals surface area (Å²) in [4.78, 5) is 7.91. The first-order chi connectivity index (χ1) is 6.71. The molecule has 2 rings (SSSR count). The molecule has 76 valence electrons. The first-order valence-corrected chi connectivity index (χ1v) is 5.18. The summed E-state index contributed by atoms with van der Waals surface area (Å²) >= 11 is 0. The lowest BCUT2D eigenvalue weighted by Crippen LogP contribution is -2.31. The van der Waals surface area contributed by atoms with Gasteiger partial charge in [-0.3, -0.25) is 0 Å². The van der Waals surface area contributed by atoms with Crippen molar-refractivity contribution in [1.29, 1.82) is 0 Å². The number of hydrogen-bond acceptors (Lipinski definition) is 3. The first kappa shape index (κ1) is 9.59. The van der Waals surface area contributed by atoms with Gasteiger partial charge in [0.25, 0.3) is 0 Å². The van der Waals surface area contributed by atoms with Gasteiger partial charge in [-0.15, -0.1) is 0 Å². The van der Waals surface area contributed by atoms with Gasteiger partial charge in [0.05, 0.1) is 5.60 Å². The van der Waals surface area contributed by atoms with Gasteiger partial charge >= 0.3 is 0 Å². The Labute approximate surface area is 84.2 Å². The highest BCUT2D eigenvalue weighted by atomic mass is 16.3. The Hall–Kier alpha value is -0.960. The number of hydrogen-bond donors (Lipinski definition) is 1. The van der Waals surface area contributed by atoms with Gasteiger partial charge in [0.1, 0.15) is 6.33 Å². The molecule has 0 atom stereocenters. The summed E-state index contributed by atoms with van der Waals surface area (Å²) < 4.78 is 0. The Balaban J connectivity index is 2.17. The average Bonchev–Trinajstić information content (AvgIpc) is 2.24. The van der Waals surface area contributed by atoms with Crippen molar-refractivity contribution < 1.29 is 5.11 Å². The lowest BCUT2D eigenvalue weighted by molar-refractivity contribution is -0.0126. The highest BCUT2D eigenvalue weighted by Crippen LogP contribution is 2.38. The highest BCUT2D eigenvalue weighted by Gasteiger charge is 2.33. The van der Waals surface area contributed by atoms with E-state index in [1.54, 1.807) is 12.4 Å². The summed E-state index contributed by atoms with van der Waals surface area (Å²) in [5.41, 5.74) is 0.195. The average molecular weight is 192 g/mol. The van der Waals surface area contributed by atoms with Crippen molar-refractivity contribution in [2.75, 3.05) is 0 Å². The third kappa shape index (κ3) is 1.77. The first-order valence-electron chi connectivity index (χ1n) is 5.18. The van der Waals surface area contributed by atoms with Crippen LogP contribution in [0.2, 0.25) is 0 Å². The van der Waals surface area contributed by atoms with Crippen molar-refractivity contribution in [2.45, 2.75) is 38.2 Å². The van der Waals surface area contributed by atoms with Gasteiger partial charge in [-0.1, -0.05) is 6.92 Å². The maximum absolute atomic E-state index is 10.4. The maximum Gasteiger partial charge on any atom is 0.115 e. The Bertz CT molecular complexity index is 291. The third-order valence-corrected chi connectivity index (χ3v) is 3.20. The molecular weight excluding hydrogens is 176 g/mol. The van der Waals surface area contributed by atoms with E-state index in [0.29, 0.717) is 0 Å². The van der Waals surface area contributed by atoms with Crippen molar-refractivity contribution in [2.24, 2.45) is 5.92 Å². The molecule has 1 aliphatic carbocycles. The number of aliphatic hydroxyl groups is 1. The molecule has 0 aromatic carbocycles. The van der Waals surface area contributed by atoms with Crippen LogP contribution in [0.25, 0.3) is 0 Å². The molecule has 0 unspecified atom stereocenters. The van der Waals surface area contributed by atoms with Crippen LogP contribution in [0.5, 0.6) is 0 Å². The van der Waals surface area contributed by atoms with E-state index >= 15 is 0 Å². The summed E-state index contributed by atoms with van der Waals surface area (Å²) in [6.45, 7) is 2.24. The number of nitrogens with zero attached hydrogens (tertiary/aromatic N) is 2. The van der Waals surface area contributed by atoms with Crippen molar-refractivity contribution in [3.8, 4) is 0 Å². The van der Waals surface area contributed by atoms with E-state index in [0.717, 1.165) is 37.2 Å². The molecule has 0 bridgehead atoms. The van der Waals surface area contributed by atoms with E-state index in [-0.39, 0.29) is 0 Å². The molecule has 0 aliphatic heterocycles. The predicted molar refractivity (Wildman–Crippen MR) is 53.6 cm³/mol. The van der Waals surface area contributed by atoms with Gasteiger partial charge in [0, 0.05) is 18.0 Å². The Morgan fingerprint density at radius 1 is 1.29 bits per heavy atom. The van der Waals surface area contributed by atoms with Crippen molar-refractivity contribution >= 4 is 0 Å². The minimum atomic E-state index is -0.673. The molecule has 0 amide bonds. The summed E-state index contributed by atoms with van der Waals surface area (Å²) in [6.07, 6.45) is 8.80. The number of aromatic nitrogens is 2. The molecule has 0 saturated heterocycles. The van der Waals surface area contributed by atoms with E-state index in [2.05, 4.69) is 16.9 Å². The summed E-state index contributed by atoms with van der Waals surface area (Å²) in [5.74, 6) is 0.736. The molecule has 1 aromatic rings. The summed E-state index contributed by atoms with van der Waals surface area (Å²) in [7, 11) is 0. The zero-order valence-corrected chi connectivity index (χ0v) is 8.48. The fourth-order valence-corrected chi connectivity index (χ4v) is 2.07. The van der Waals surface area contributed by atoms with Crippen molar-refractivity contribution in [3.05, 3.63) is 24.3 Å². The monoisotopic (exact) mass is 192 g/mol. The molecule has 1 saturated carbocycles. The van der Waals surface area contributed by atoms with Crippen LogP contribution in [0, 0.1) is 5.92 Å². The minimum absolute atomic E-state index is 0.673. The fourth-order valence-electron chi connectivity index (χ4n) is 2.07.